The molecule has 1 saturated heterocycles. The molecule has 0 unspecified atom stereocenters. The number of halogens is 4. The molecule has 0 atom stereocenters. The summed E-state index contributed by atoms with van der Waals surface area (Å²) in [4.78, 5) is 24.5. The fraction of sp³-hybridized carbons (Fsp3) is 0.259. The van der Waals surface area contributed by atoms with Crippen molar-refractivity contribution in [1.29, 1.82) is 0 Å². The van der Waals surface area contributed by atoms with E-state index in [2.05, 4.69) is 25.3 Å². The smallest absolute Gasteiger partial charge is 0.319 e. The van der Waals surface area contributed by atoms with Gasteiger partial charge in [-0.05, 0) is 44.1 Å². The second-order valence-electron chi connectivity index (χ2n) is 9.10. The van der Waals surface area contributed by atoms with Crippen molar-refractivity contribution < 1.29 is 22.4 Å². The van der Waals surface area contributed by atoms with E-state index in [9.17, 15) is 22.4 Å². The van der Waals surface area contributed by atoms with Crippen molar-refractivity contribution in [2.24, 2.45) is 7.05 Å². The van der Waals surface area contributed by atoms with E-state index in [0.717, 1.165) is 32.0 Å². The lowest BCUT2D eigenvalue weighted by molar-refractivity contribution is -0.137. The highest BCUT2D eigenvalue weighted by atomic mass is 19.4. The number of aromatic nitrogens is 4. The van der Waals surface area contributed by atoms with Crippen molar-refractivity contribution in [2.45, 2.75) is 25.6 Å². The molecule has 1 aliphatic rings. The number of carbonyl (C=O) groups is 1. The standard InChI is InChI=1S/C27H24F4N6O/c1-36-12-9-22(35-36)18-13-19(21(28)14-20(18)27(29,30)31)26(38)33-23-15-32-24(16-37-10-5-6-11-37)34-25(23)17-7-3-2-4-8-17/h2-4,7-9,12-15H,5-6,10-11,16H2,1H3,(H,33,38). The quantitative estimate of drug-likeness (QED) is 0.335. The van der Waals surface area contributed by atoms with Crippen LogP contribution in [0, 0.1) is 5.82 Å². The Labute approximate surface area is 216 Å². The number of carbonyl (C=O) groups excluding carboxylic acids is 1. The third-order valence-electron chi connectivity index (χ3n) is 6.34. The predicted molar refractivity (Wildman–Crippen MR) is 134 cm³/mol. The van der Waals surface area contributed by atoms with E-state index in [0.29, 0.717) is 29.7 Å². The third kappa shape index (κ3) is 5.42. The molecule has 5 rings (SSSR count). The number of nitrogens with zero attached hydrogens (tertiary/aromatic N) is 5. The van der Waals surface area contributed by atoms with Gasteiger partial charge in [0.2, 0.25) is 0 Å². The number of amides is 1. The van der Waals surface area contributed by atoms with Crippen LogP contribution in [0.4, 0.5) is 23.2 Å². The van der Waals surface area contributed by atoms with Gasteiger partial charge in [0.25, 0.3) is 5.91 Å². The van der Waals surface area contributed by atoms with Gasteiger partial charge in [-0.25, -0.2) is 14.4 Å². The van der Waals surface area contributed by atoms with Gasteiger partial charge in [0.05, 0.1) is 40.9 Å². The second kappa shape index (κ2) is 10.3. The summed E-state index contributed by atoms with van der Waals surface area (Å²) in [5.74, 6) is -1.66. The Morgan fingerprint density at radius 1 is 1.08 bits per heavy atom. The summed E-state index contributed by atoms with van der Waals surface area (Å²) in [7, 11) is 1.55. The Bertz CT molecular complexity index is 1460. The molecule has 1 aliphatic heterocycles. The van der Waals surface area contributed by atoms with Gasteiger partial charge < -0.3 is 5.32 Å². The first kappa shape index (κ1) is 25.5. The molecule has 196 valence electrons. The average molecular weight is 525 g/mol. The Hall–Kier alpha value is -4.12. The van der Waals surface area contributed by atoms with Crippen LogP contribution in [0.2, 0.25) is 0 Å². The van der Waals surface area contributed by atoms with Gasteiger partial charge in [0.1, 0.15) is 11.6 Å². The maximum absolute atomic E-state index is 14.9. The molecule has 7 nitrogen and oxygen atoms in total. The van der Waals surface area contributed by atoms with E-state index in [4.69, 9.17) is 0 Å². The van der Waals surface area contributed by atoms with Gasteiger partial charge in [-0.2, -0.15) is 18.3 Å². The first-order chi connectivity index (χ1) is 18.2. The Kier molecular flexibility index (Phi) is 6.94. The minimum atomic E-state index is -4.85. The van der Waals surface area contributed by atoms with E-state index in [1.54, 1.807) is 7.05 Å². The molecule has 0 bridgehead atoms. The van der Waals surface area contributed by atoms with E-state index in [1.807, 2.05) is 30.3 Å². The molecule has 0 radical (unpaired) electrons. The Balaban J connectivity index is 1.51. The van der Waals surface area contributed by atoms with Crippen LogP contribution in [-0.4, -0.2) is 43.6 Å². The van der Waals surface area contributed by atoms with E-state index < -0.39 is 34.6 Å². The third-order valence-corrected chi connectivity index (χ3v) is 6.34. The van der Waals surface area contributed by atoms with Crippen molar-refractivity contribution in [2.75, 3.05) is 18.4 Å². The van der Waals surface area contributed by atoms with Gasteiger partial charge in [0.15, 0.2) is 0 Å². The van der Waals surface area contributed by atoms with Crippen LogP contribution in [0.1, 0.15) is 34.6 Å². The molecule has 11 heteroatoms. The maximum Gasteiger partial charge on any atom is 0.417 e. The molecule has 4 aromatic rings. The Morgan fingerprint density at radius 2 is 1.82 bits per heavy atom. The molecular weight excluding hydrogens is 500 g/mol. The van der Waals surface area contributed by atoms with Crippen LogP contribution in [-0.2, 0) is 19.8 Å². The van der Waals surface area contributed by atoms with E-state index in [1.165, 1.54) is 23.1 Å². The number of benzene rings is 2. The van der Waals surface area contributed by atoms with Crippen LogP contribution in [0.25, 0.3) is 22.5 Å². The summed E-state index contributed by atoms with van der Waals surface area (Å²) >= 11 is 0. The second-order valence-corrected chi connectivity index (χ2v) is 9.10. The zero-order valence-corrected chi connectivity index (χ0v) is 20.5. The SMILES string of the molecule is Cn1ccc(-c2cc(C(=O)Nc3cnc(CN4CCCC4)nc3-c3ccccc3)c(F)cc2C(F)(F)F)n1. The monoisotopic (exact) mass is 524 g/mol. The summed E-state index contributed by atoms with van der Waals surface area (Å²) in [6.45, 7) is 2.46. The summed E-state index contributed by atoms with van der Waals surface area (Å²) in [5.41, 5.74) is -0.859. The van der Waals surface area contributed by atoms with Crippen LogP contribution >= 0.6 is 0 Å². The topological polar surface area (TPSA) is 75.9 Å². The fourth-order valence-corrected chi connectivity index (χ4v) is 4.48. The van der Waals surface area contributed by atoms with Gasteiger partial charge in [-0.1, -0.05) is 30.3 Å². The number of anilines is 1. The lowest BCUT2D eigenvalue weighted by Gasteiger charge is -2.17. The van der Waals surface area contributed by atoms with Crippen LogP contribution in [0.5, 0.6) is 0 Å². The lowest BCUT2D eigenvalue weighted by Crippen LogP contribution is -2.21. The van der Waals surface area contributed by atoms with Crippen molar-refractivity contribution in [3.8, 4) is 22.5 Å². The highest BCUT2D eigenvalue weighted by molar-refractivity contribution is 6.06. The van der Waals surface area contributed by atoms with Crippen molar-refractivity contribution in [3.63, 3.8) is 0 Å². The van der Waals surface area contributed by atoms with Crippen molar-refractivity contribution in [3.05, 3.63) is 83.7 Å². The molecule has 2 aromatic carbocycles. The van der Waals surface area contributed by atoms with Gasteiger partial charge in [0, 0.05) is 24.4 Å². The molecule has 0 aliphatic carbocycles. The van der Waals surface area contributed by atoms with Gasteiger partial charge >= 0.3 is 6.18 Å². The molecule has 0 spiro atoms. The van der Waals surface area contributed by atoms with Gasteiger partial charge in [-0.15, -0.1) is 0 Å². The normalized spacial score (nSPS) is 14.1. The molecule has 1 fully saturated rings. The Morgan fingerprint density at radius 3 is 2.47 bits per heavy atom. The van der Waals surface area contributed by atoms with Crippen molar-refractivity contribution in [1.82, 2.24) is 24.6 Å². The number of alkyl halides is 3. The number of rotatable bonds is 6. The number of likely N-dealkylation sites (tertiary alicyclic amines) is 1. The summed E-state index contributed by atoms with van der Waals surface area (Å²) in [6, 6.07) is 11.7. The van der Waals surface area contributed by atoms with Crippen LogP contribution in [0.15, 0.2) is 60.9 Å². The fourth-order valence-electron chi connectivity index (χ4n) is 4.48. The molecule has 1 amide bonds. The maximum atomic E-state index is 14.9. The molecular formula is C27H24F4N6O. The van der Waals surface area contributed by atoms with Crippen molar-refractivity contribution >= 4 is 11.6 Å². The minimum absolute atomic E-state index is 0.0338. The highest BCUT2D eigenvalue weighted by Gasteiger charge is 2.36. The number of nitrogens with one attached hydrogen (secondary N) is 1. The largest absolute Gasteiger partial charge is 0.417 e. The van der Waals surface area contributed by atoms with E-state index in [-0.39, 0.29) is 11.4 Å². The molecule has 3 heterocycles. The van der Waals surface area contributed by atoms with E-state index >= 15 is 0 Å². The summed E-state index contributed by atoms with van der Waals surface area (Å²) < 4.78 is 57.4. The average Bonchev–Trinajstić information content (AvgIpc) is 3.56. The van der Waals surface area contributed by atoms with Gasteiger partial charge in [-0.3, -0.25) is 14.4 Å². The molecule has 0 saturated carbocycles. The van der Waals surface area contributed by atoms with Crippen LogP contribution in [0.3, 0.4) is 0 Å². The zero-order chi connectivity index (χ0) is 26.9. The van der Waals surface area contributed by atoms with Crippen LogP contribution < -0.4 is 5.32 Å². The molecule has 38 heavy (non-hydrogen) atoms. The molecule has 2 aromatic heterocycles. The number of hydrogen-bond acceptors (Lipinski definition) is 5. The summed E-state index contributed by atoms with van der Waals surface area (Å²) in [6.07, 6.45) is 0.284. The lowest BCUT2D eigenvalue weighted by atomic mass is 9.99. The molecule has 1 N–H and O–H groups in total. The number of hydrogen-bond donors (Lipinski definition) is 1. The zero-order valence-electron chi connectivity index (χ0n) is 20.5. The highest BCUT2D eigenvalue weighted by Crippen LogP contribution is 2.38. The number of aryl methyl sites for hydroxylation is 1. The minimum Gasteiger partial charge on any atom is -0.319 e. The first-order valence-electron chi connectivity index (χ1n) is 12.0. The predicted octanol–water partition coefficient (Wildman–Crippen LogP) is 5.55. The summed E-state index contributed by atoms with van der Waals surface area (Å²) in [5, 5.41) is 6.62. The first-order valence-corrected chi connectivity index (χ1v) is 12.0.